The van der Waals surface area contributed by atoms with Gasteiger partial charge in [0.2, 0.25) is 0 Å². The minimum atomic E-state index is -0.852. The van der Waals surface area contributed by atoms with Gasteiger partial charge in [-0.15, -0.1) is 0 Å². The molecule has 156 valence electrons. The molecule has 2 aromatic carbocycles. The molecule has 1 fully saturated rings. The molecule has 1 aliphatic rings. The highest BCUT2D eigenvalue weighted by atomic mass is 19.1. The summed E-state index contributed by atoms with van der Waals surface area (Å²) in [6.45, 7) is 0. The molecule has 0 spiro atoms. The Morgan fingerprint density at radius 2 is 1.74 bits per heavy atom. The number of carbonyl (C=O) groups is 1. The van der Waals surface area contributed by atoms with Gasteiger partial charge in [0.15, 0.2) is 0 Å². The third-order valence-electron chi connectivity index (χ3n) is 6.01. The summed E-state index contributed by atoms with van der Waals surface area (Å²) in [6.07, 6.45) is 2.92. The molecule has 0 unspecified atom stereocenters. The van der Waals surface area contributed by atoms with Crippen LogP contribution in [0.2, 0.25) is 0 Å². The summed E-state index contributed by atoms with van der Waals surface area (Å²) in [5, 5.41) is 16.9. The Labute approximate surface area is 177 Å². The fraction of sp³-hybridized carbons (Fsp3) is 0.167. The first-order valence-corrected chi connectivity index (χ1v) is 9.93. The summed E-state index contributed by atoms with van der Waals surface area (Å²) in [7, 11) is 1.71. The van der Waals surface area contributed by atoms with E-state index in [-0.39, 0.29) is 11.1 Å². The Morgan fingerprint density at radius 3 is 2.39 bits per heavy atom. The second-order valence-corrected chi connectivity index (χ2v) is 7.78. The molecule has 5 rings (SSSR count). The van der Waals surface area contributed by atoms with E-state index >= 15 is 8.78 Å². The number of halogens is 2. The van der Waals surface area contributed by atoms with Gasteiger partial charge < -0.3 is 10.4 Å². The number of hydrogen-bond donors (Lipinski definition) is 2. The standard InChI is InChI=1S/C24H19F2N3O2/c1-27-22-20-4-2-3-11-29(20)28-21(22)17-13-18(25)16(12-19(17)26)14-5-7-15(8-6-14)24(9-10-24)23(30)31/h2-8,11-13,27H,9-10H2,1H3,(H,30,31). The molecule has 2 N–H and O–H groups in total. The van der Waals surface area contributed by atoms with Gasteiger partial charge in [0.25, 0.3) is 0 Å². The van der Waals surface area contributed by atoms with Crippen LogP contribution in [0.25, 0.3) is 27.9 Å². The molecule has 0 aliphatic heterocycles. The molecule has 0 saturated heterocycles. The lowest BCUT2D eigenvalue weighted by atomic mass is 9.93. The van der Waals surface area contributed by atoms with E-state index in [1.807, 2.05) is 18.2 Å². The number of rotatable bonds is 5. The number of anilines is 1. The number of pyridine rings is 1. The minimum absolute atomic E-state index is 0.0636. The van der Waals surface area contributed by atoms with E-state index in [4.69, 9.17) is 0 Å². The average Bonchev–Trinajstić information content (AvgIpc) is 3.51. The Bertz CT molecular complexity index is 1320. The van der Waals surface area contributed by atoms with Crippen molar-refractivity contribution in [2.24, 2.45) is 0 Å². The minimum Gasteiger partial charge on any atom is -0.481 e. The first-order valence-electron chi connectivity index (χ1n) is 9.93. The van der Waals surface area contributed by atoms with E-state index in [9.17, 15) is 9.90 Å². The Hall–Kier alpha value is -3.74. The number of carboxylic acids is 1. The van der Waals surface area contributed by atoms with Crippen molar-refractivity contribution in [1.29, 1.82) is 0 Å². The highest BCUT2D eigenvalue weighted by Crippen LogP contribution is 2.48. The van der Waals surface area contributed by atoms with E-state index in [2.05, 4.69) is 10.4 Å². The Kier molecular flexibility index (Phi) is 4.28. The number of aliphatic carboxylic acids is 1. The number of hydrogen-bond acceptors (Lipinski definition) is 3. The van der Waals surface area contributed by atoms with Gasteiger partial charge >= 0.3 is 5.97 Å². The predicted molar refractivity (Wildman–Crippen MR) is 114 cm³/mol. The number of nitrogens with zero attached hydrogens (tertiary/aromatic N) is 2. The molecule has 1 aliphatic carbocycles. The van der Waals surface area contributed by atoms with Gasteiger partial charge in [0, 0.05) is 24.4 Å². The second-order valence-electron chi connectivity index (χ2n) is 7.78. The van der Waals surface area contributed by atoms with Crippen molar-refractivity contribution in [2.45, 2.75) is 18.3 Å². The van der Waals surface area contributed by atoms with Crippen molar-refractivity contribution >= 4 is 17.2 Å². The van der Waals surface area contributed by atoms with Gasteiger partial charge in [-0.25, -0.2) is 13.3 Å². The molecule has 31 heavy (non-hydrogen) atoms. The average molecular weight is 419 g/mol. The topological polar surface area (TPSA) is 66.6 Å². The molecule has 1 saturated carbocycles. The smallest absolute Gasteiger partial charge is 0.314 e. The number of nitrogens with one attached hydrogen (secondary N) is 1. The van der Waals surface area contributed by atoms with Crippen molar-refractivity contribution in [3.8, 4) is 22.4 Å². The van der Waals surface area contributed by atoms with E-state index < -0.39 is 23.0 Å². The third kappa shape index (κ3) is 2.96. The van der Waals surface area contributed by atoms with Crippen molar-refractivity contribution in [1.82, 2.24) is 9.61 Å². The molecular weight excluding hydrogens is 400 g/mol. The zero-order chi connectivity index (χ0) is 21.8. The Balaban J connectivity index is 1.56. The zero-order valence-electron chi connectivity index (χ0n) is 16.7. The molecule has 2 aromatic heterocycles. The summed E-state index contributed by atoms with van der Waals surface area (Å²) < 4.78 is 31.8. The van der Waals surface area contributed by atoms with Gasteiger partial charge in [-0.2, -0.15) is 5.10 Å². The zero-order valence-corrected chi connectivity index (χ0v) is 16.7. The predicted octanol–water partition coefficient (Wildman–Crippen LogP) is 5.10. The lowest BCUT2D eigenvalue weighted by molar-refractivity contribution is -0.140. The number of aromatic nitrogens is 2. The molecule has 0 atom stereocenters. The van der Waals surface area contributed by atoms with Crippen LogP contribution in [0.3, 0.4) is 0 Å². The maximum atomic E-state index is 15.1. The molecule has 7 heteroatoms. The molecule has 0 radical (unpaired) electrons. The number of fused-ring (bicyclic) bond motifs is 1. The van der Waals surface area contributed by atoms with Gasteiger partial charge in [-0.05, 0) is 48.2 Å². The molecular formula is C24H19F2N3O2. The monoisotopic (exact) mass is 419 g/mol. The van der Waals surface area contributed by atoms with Crippen LogP contribution in [0.1, 0.15) is 18.4 Å². The van der Waals surface area contributed by atoms with Gasteiger partial charge in [0.1, 0.15) is 17.3 Å². The van der Waals surface area contributed by atoms with Crippen LogP contribution in [0.4, 0.5) is 14.5 Å². The van der Waals surface area contributed by atoms with Crippen LogP contribution in [0.15, 0.2) is 60.8 Å². The molecule has 0 amide bonds. The molecule has 0 bridgehead atoms. The van der Waals surface area contributed by atoms with Crippen LogP contribution in [0, 0.1) is 11.6 Å². The highest BCUT2D eigenvalue weighted by Gasteiger charge is 2.51. The first kappa shape index (κ1) is 19.2. The summed E-state index contributed by atoms with van der Waals surface area (Å²) in [4.78, 5) is 11.5. The van der Waals surface area contributed by atoms with Crippen molar-refractivity contribution in [2.75, 3.05) is 12.4 Å². The molecule has 4 aromatic rings. The van der Waals surface area contributed by atoms with Crippen LogP contribution in [0.5, 0.6) is 0 Å². The summed E-state index contributed by atoms with van der Waals surface area (Å²) in [6, 6.07) is 14.5. The molecule has 2 heterocycles. The number of benzene rings is 2. The van der Waals surface area contributed by atoms with Crippen molar-refractivity contribution in [3.63, 3.8) is 0 Å². The van der Waals surface area contributed by atoms with E-state index in [1.165, 1.54) is 0 Å². The SMILES string of the molecule is CNc1c(-c2cc(F)c(-c3ccc(C4(C(=O)O)CC4)cc3)cc2F)nn2ccccc12. The lowest BCUT2D eigenvalue weighted by Gasteiger charge is -2.12. The maximum Gasteiger partial charge on any atom is 0.314 e. The summed E-state index contributed by atoms with van der Waals surface area (Å²) in [5.41, 5.74) is 2.20. The highest BCUT2D eigenvalue weighted by molar-refractivity contribution is 5.88. The fourth-order valence-corrected chi connectivity index (χ4v) is 4.10. The second kappa shape index (κ2) is 6.91. The normalized spacial score (nSPS) is 14.5. The van der Waals surface area contributed by atoms with E-state index in [1.54, 1.807) is 42.0 Å². The van der Waals surface area contributed by atoms with Crippen molar-refractivity contribution in [3.05, 3.63) is 78.0 Å². The van der Waals surface area contributed by atoms with Crippen LogP contribution >= 0.6 is 0 Å². The van der Waals surface area contributed by atoms with Crippen molar-refractivity contribution < 1.29 is 18.7 Å². The number of carboxylic acid groups (broad SMARTS) is 1. The Morgan fingerprint density at radius 1 is 1.06 bits per heavy atom. The van der Waals surface area contributed by atoms with Crippen LogP contribution in [-0.4, -0.2) is 27.7 Å². The van der Waals surface area contributed by atoms with E-state index in [0.717, 1.165) is 17.6 Å². The summed E-state index contributed by atoms with van der Waals surface area (Å²) in [5.74, 6) is -2.03. The fourth-order valence-electron chi connectivity index (χ4n) is 4.10. The maximum absolute atomic E-state index is 15.1. The van der Waals surface area contributed by atoms with Crippen LogP contribution in [-0.2, 0) is 10.2 Å². The lowest BCUT2D eigenvalue weighted by Crippen LogP contribution is -2.19. The summed E-state index contributed by atoms with van der Waals surface area (Å²) >= 11 is 0. The first-order chi connectivity index (χ1) is 14.9. The van der Waals surface area contributed by atoms with E-state index in [0.29, 0.717) is 35.3 Å². The molecule has 5 nitrogen and oxygen atoms in total. The van der Waals surface area contributed by atoms with Gasteiger partial charge in [-0.1, -0.05) is 30.3 Å². The van der Waals surface area contributed by atoms with Gasteiger partial charge in [0.05, 0.1) is 16.6 Å². The van der Waals surface area contributed by atoms with Crippen LogP contribution < -0.4 is 5.32 Å². The third-order valence-corrected chi connectivity index (χ3v) is 6.01. The largest absolute Gasteiger partial charge is 0.481 e. The quantitative estimate of drug-likeness (QED) is 0.472. The van der Waals surface area contributed by atoms with Gasteiger partial charge in [-0.3, -0.25) is 4.79 Å².